The van der Waals surface area contributed by atoms with Crippen molar-refractivity contribution in [3.05, 3.63) is 59.0 Å². The van der Waals surface area contributed by atoms with Crippen LogP contribution in [0.1, 0.15) is 92.4 Å². The second-order valence-electron chi connectivity index (χ2n) is 12.3. The van der Waals surface area contributed by atoms with Crippen molar-refractivity contribution in [2.24, 2.45) is 17.8 Å². The number of amides is 1. The third kappa shape index (κ3) is 6.59. The van der Waals surface area contributed by atoms with Crippen molar-refractivity contribution in [1.29, 1.82) is 5.26 Å². The van der Waals surface area contributed by atoms with E-state index in [0.29, 0.717) is 55.5 Å². The van der Waals surface area contributed by atoms with E-state index >= 15 is 0 Å². The number of anilines is 1. The van der Waals surface area contributed by atoms with Crippen LogP contribution in [0.25, 0.3) is 10.4 Å². The summed E-state index contributed by atoms with van der Waals surface area (Å²) in [5, 5.41) is 20.2. The Morgan fingerprint density at radius 2 is 1.72 bits per heavy atom. The molecule has 0 radical (unpaired) electrons. The van der Waals surface area contributed by atoms with E-state index in [4.69, 9.17) is 4.74 Å². The zero-order valence-corrected chi connectivity index (χ0v) is 25.4. The second-order valence-corrected chi connectivity index (χ2v) is 13.4. The molecule has 1 N–H and O–H groups in total. The number of thiazole rings is 1. The molecule has 1 aromatic carbocycles. The standard InChI is InChI=1S/C34H38N4O4S/c1-42-30-16-15-28(37-29(30)18-35)22-7-5-21(6-8-22)20-38(33(39)24-11-13-25(14-12-24)34(40)41)27-4-2-3-26(17-27)31-19-36-32(43-31)23-9-10-23/h2-4,15-17,19,21-25H,5-14,20H2,1H3,(H,40,41)/t21-,22-,24-,25-. The van der Waals surface area contributed by atoms with Crippen LogP contribution in [-0.2, 0) is 9.59 Å². The third-order valence-electron chi connectivity index (χ3n) is 9.50. The minimum atomic E-state index is -0.754. The third-order valence-corrected chi connectivity index (χ3v) is 10.7. The van der Waals surface area contributed by atoms with Crippen LogP contribution >= 0.6 is 11.3 Å². The Hall–Kier alpha value is -3.77. The van der Waals surface area contributed by atoms with Crippen molar-refractivity contribution < 1.29 is 19.4 Å². The van der Waals surface area contributed by atoms with Gasteiger partial charge in [0.2, 0.25) is 5.91 Å². The van der Waals surface area contributed by atoms with E-state index < -0.39 is 5.97 Å². The van der Waals surface area contributed by atoms with Crippen molar-refractivity contribution in [1.82, 2.24) is 9.97 Å². The van der Waals surface area contributed by atoms with Crippen molar-refractivity contribution in [3.63, 3.8) is 0 Å². The zero-order valence-electron chi connectivity index (χ0n) is 24.6. The van der Waals surface area contributed by atoms with Gasteiger partial charge in [-0.2, -0.15) is 5.26 Å². The Labute approximate surface area is 256 Å². The monoisotopic (exact) mass is 598 g/mol. The van der Waals surface area contributed by atoms with Gasteiger partial charge in [-0.3, -0.25) is 9.59 Å². The molecule has 8 nitrogen and oxygen atoms in total. The smallest absolute Gasteiger partial charge is 0.306 e. The largest absolute Gasteiger partial charge is 0.494 e. The highest BCUT2D eigenvalue weighted by Gasteiger charge is 2.35. The number of carbonyl (C=O) groups excluding carboxylic acids is 1. The van der Waals surface area contributed by atoms with Crippen molar-refractivity contribution in [2.45, 2.75) is 76.0 Å². The highest BCUT2D eigenvalue weighted by molar-refractivity contribution is 7.15. The Kier molecular flexibility index (Phi) is 8.75. The summed E-state index contributed by atoms with van der Waals surface area (Å²) in [5.74, 6) is 0.575. The maximum absolute atomic E-state index is 14.1. The summed E-state index contributed by atoms with van der Waals surface area (Å²) in [7, 11) is 1.55. The van der Waals surface area contributed by atoms with Crippen LogP contribution in [0.4, 0.5) is 5.69 Å². The first kappa shape index (κ1) is 29.3. The first-order valence-electron chi connectivity index (χ1n) is 15.5. The lowest BCUT2D eigenvalue weighted by atomic mass is 9.79. The molecule has 0 unspecified atom stereocenters. The van der Waals surface area contributed by atoms with E-state index in [1.165, 1.54) is 17.8 Å². The lowest BCUT2D eigenvalue weighted by Crippen LogP contribution is -2.41. The minimum absolute atomic E-state index is 0.113. The van der Waals surface area contributed by atoms with Gasteiger partial charge < -0.3 is 14.7 Å². The predicted octanol–water partition coefficient (Wildman–Crippen LogP) is 7.16. The van der Waals surface area contributed by atoms with Gasteiger partial charge >= 0.3 is 5.97 Å². The molecule has 3 aliphatic rings. The average Bonchev–Trinajstić information content (AvgIpc) is 3.79. The first-order valence-corrected chi connectivity index (χ1v) is 16.3. The Bertz CT molecular complexity index is 1510. The molecule has 3 fully saturated rings. The van der Waals surface area contributed by atoms with Gasteiger partial charge in [0.1, 0.15) is 6.07 Å². The number of aliphatic carboxylic acids is 1. The highest BCUT2D eigenvalue weighted by atomic mass is 32.1. The van der Waals surface area contributed by atoms with Crippen molar-refractivity contribution >= 4 is 28.9 Å². The fourth-order valence-electron chi connectivity index (χ4n) is 6.73. The number of benzene rings is 1. The maximum Gasteiger partial charge on any atom is 0.306 e. The molecule has 2 heterocycles. The van der Waals surface area contributed by atoms with Gasteiger partial charge in [0.05, 0.1) is 22.9 Å². The molecular formula is C34H38N4O4S. The minimum Gasteiger partial charge on any atom is -0.494 e. The summed E-state index contributed by atoms with van der Waals surface area (Å²) in [6.45, 7) is 0.642. The molecule has 43 heavy (non-hydrogen) atoms. The Morgan fingerprint density at radius 3 is 2.40 bits per heavy atom. The van der Waals surface area contributed by atoms with E-state index in [0.717, 1.165) is 47.5 Å². The molecule has 6 rings (SSSR count). The number of aromatic nitrogens is 2. The van der Waals surface area contributed by atoms with Crippen LogP contribution in [0, 0.1) is 29.1 Å². The molecule has 3 aromatic rings. The van der Waals surface area contributed by atoms with Crippen LogP contribution in [0.5, 0.6) is 5.75 Å². The van der Waals surface area contributed by atoms with Crippen LogP contribution in [-0.4, -0.2) is 40.6 Å². The van der Waals surface area contributed by atoms with E-state index in [1.807, 2.05) is 35.4 Å². The van der Waals surface area contributed by atoms with E-state index in [2.05, 4.69) is 28.2 Å². The second kappa shape index (κ2) is 12.8. The number of nitrogens with zero attached hydrogens (tertiary/aromatic N) is 4. The Morgan fingerprint density at radius 1 is 1.00 bits per heavy atom. The lowest BCUT2D eigenvalue weighted by Gasteiger charge is -2.36. The number of rotatable bonds is 9. The van der Waals surface area contributed by atoms with Crippen LogP contribution in [0.3, 0.4) is 0 Å². The van der Waals surface area contributed by atoms with Crippen molar-refractivity contribution in [3.8, 4) is 22.3 Å². The maximum atomic E-state index is 14.1. The molecule has 0 saturated heterocycles. The average molecular weight is 599 g/mol. The number of hydrogen-bond acceptors (Lipinski definition) is 7. The quantitative estimate of drug-likeness (QED) is 0.278. The number of ether oxygens (including phenoxy) is 1. The number of pyridine rings is 1. The summed E-state index contributed by atoms with van der Waals surface area (Å²) in [5.41, 5.74) is 3.24. The van der Waals surface area contributed by atoms with Gasteiger partial charge in [0, 0.05) is 41.9 Å². The molecule has 0 aliphatic heterocycles. The predicted molar refractivity (Wildman–Crippen MR) is 165 cm³/mol. The SMILES string of the molecule is COc1ccc([C@H]2CC[C@H](CN(c3cccc(-c4cnc(C5CC5)s4)c3)C(=O)[C@H]3CC[C@H](C(=O)O)CC3)CC2)nc1C#N. The van der Waals surface area contributed by atoms with Gasteiger partial charge in [-0.25, -0.2) is 9.97 Å². The molecular weight excluding hydrogens is 560 g/mol. The van der Waals surface area contributed by atoms with E-state index in [1.54, 1.807) is 18.4 Å². The van der Waals surface area contributed by atoms with Crippen LogP contribution in [0.2, 0.25) is 0 Å². The van der Waals surface area contributed by atoms with Gasteiger partial charge in [-0.15, -0.1) is 11.3 Å². The summed E-state index contributed by atoms with van der Waals surface area (Å²) in [6, 6.07) is 14.2. The molecule has 9 heteroatoms. The molecule has 3 aliphatic carbocycles. The molecule has 3 saturated carbocycles. The Balaban J connectivity index is 1.19. The normalized spacial score (nSPS) is 23.7. The fraction of sp³-hybridized carbons (Fsp3) is 0.500. The van der Waals surface area contributed by atoms with Crippen LogP contribution < -0.4 is 9.64 Å². The molecule has 1 amide bonds. The number of carbonyl (C=O) groups is 2. The highest BCUT2D eigenvalue weighted by Crippen LogP contribution is 2.44. The van der Waals surface area contributed by atoms with Crippen LogP contribution in [0.15, 0.2) is 42.6 Å². The molecule has 0 atom stereocenters. The number of carboxylic acids is 1. The molecule has 0 spiro atoms. The van der Waals surface area contributed by atoms with E-state index in [-0.39, 0.29) is 23.7 Å². The van der Waals surface area contributed by atoms with Gasteiger partial charge in [0.25, 0.3) is 0 Å². The zero-order chi connectivity index (χ0) is 29.9. The summed E-state index contributed by atoms with van der Waals surface area (Å²) >= 11 is 1.75. The number of nitriles is 1. The molecule has 0 bridgehead atoms. The van der Waals surface area contributed by atoms with E-state index in [9.17, 15) is 20.0 Å². The van der Waals surface area contributed by atoms with Gasteiger partial charge in [-0.05, 0) is 100.0 Å². The number of carboxylic acid groups (broad SMARTS) is 1. The number of methoxy groups -OCH3 is 1. The summed E-state index contributed by atoms with van der Waals surface area (Å²) in [4.78, 5) is 38.0. The number of hydrogen-bond donors (Lipinski definition) is 1. The molecule has 224 valence electrons. The van der Waals surface area contributed by atoms with Gasteiger partial charge in [-0.1, -0.05) is 12.1 Å². The lowest BCUT2D eigenvalue weighted by molar-refractivity contribution is -0.144. The summed E-state index contributed by atoms with van der Waals surface area (Å²) in [6.07, 6.45) is 10.6. The molecule has 2 aromatic heterocycles. The van der Waals surface area contributed by atoms with Gasteiger partial charge in [0.15, 0.2) is 11.4 Å². The fourth-order valence-corrected chi connectivity index (χ4v) is 7.81. The summed E-state index contributed by atoms with van der Waals surface area (Å²) < 4.78 is 5.27. The topological polar surface area (TPSA) is 116 Å². The van der Waals surface area contributed by atoms with Crippen molar-refractivity contribution in [2.75, 3.05) is 18.6 Å². The first-order chi connectivity index (χ1) is 20.9.